The summed E-state index contributed by atoms with van der Waals surface area (Å²) in [5.41, 5.74) is 0.814. The Bertz CT molecular complexity index is 656. The molecule has 2 aromatic rings. The molecule has 1 N–H and O–H groups in total. The summed E-state index contributed by atoms with van der Waals surface area (Å²) >= 11 is 0. The summed E-state index contributed by atoms with van der Waals surface area (Å²) in [6, 6.07) is 4.38. The summed E-state index contributed by atoms with van der Waals surface area (Å²) in [5, 5.41) is 0. The number of rotatable bonds is 1. The van der Waals surface area contributed by atoms with Crippen molar-refractivity contribution in [3.8, 4) is 0 Å². The van der Waals surface area contributed by atoms with Crippen molar-refractivity contribution in [2.45, 2.75) is 19.0 Å². The molecule has 4 nitrogen and oxygen atoms in total. The maximum Gasteiger partial charge on any atom is 0.449 e. The molecule has 0 radical (unpaired) electrons. The van der Waals surface area contributed by atoms with E-state index in [2.05, 4.69) is 9.97 Å². The highest BCUT2D eigenvalue weighted by Crippen LogP contribution is 2.29. The minimum absolute atomic E-state index is 0.146. The summed E-state index contributed by atoms with van der Waals surface area (Å²) in [5.74, 6) is -1.19. The number of carbonyl (C=O) groups excluding carboxylic acids is 1. The number of hydrogen-bond donors (Lipinski definition) is 1. The van der Waals surface area contributed by atoms with Crippen LogP contribution in [0, 0.1) is 0 Å². The maximum absolute atomic E-state index is 12.6. The molecule has 0 saturated carbocycles. The molecule has 7 heteroatoms. The van der Waals surface area contributed by atoms with Crippen LogP contribution in [-0.4, -0.2) is 33.9 Å². The zero-order valence-electron chi connectivity index (χ0n) is 10.5. The Morgan fingerprint density at radius 3 is 2.60 bits per heavy atom. The number of nitrogens with one attached hydrogen (secondary N) is 1. The van der Waals surface area contributed by atoms with Gasteiger partial charge < -0.3 is 9.88 Å². The predicted octanol–water partition coefficient (Wildman–Crippen LogP) is 2.82. The number of fused-ring (bicyclic) bond motifs is 1. The van der Waals surface area contributed by atoms with Gasteiger partial charge in [-0.05, 0) is 31.0 Å². The van der Waals surface area contributed by atoms with Gasteiger partial charge in [0.25, 0.3) is 5.91 Å². The average molecular weight is 283 g/mol. The van der Waals surface area contributed by atoms with E-state index < -0.39 is 12.0 Å². The zero-order valence-corrected chi connectivity index (χ0v) is 10.5. The Hall–Kier alpha value is -2.05. The van der Waals surface area contributed by atoms with E-state index in [1.54, 1.807) is 4.90 Å². The fraction of sp³-hybridized carbons (Fsp3) is 0.385. The van der Waals surface area contributed by atoms with Gasteiger partial charge in [-0.3, -0.25) is 4.79 Å². The molecule has 1 saturated heterocycles. The van der Waals surface area contributed by atoms with Gasteiger partial charge in [0.1, 0.15) is 0 Å². The van der Waals surface area contributed by atoms with Crippen LogP contribution in [-0.2, 0) is 6.18 Å². The molecule has 1 fully saturated rings. The molecule has 0 atom stereocenters. The minimum atomic E-state index is -4.52. The monoisotopic (exact) mass is 283 g/mol. The van der Waals surface area contributed by atoms with Gasteiger partial charge in [-0.15, -0.1) is 0 Å². The Morgan fingerprint density at radius 2 is 1.95 bits per heavy atom. The number of halogens is 3. The van der Waals surface area contributed by atoms with Crippen LogP contribution in [0.1, 0.15) is 29.0 Å². The summed E-state index contributed by atoms with van der Waals surface area (Å²) in [4.78, 5) is 19.6. The van der Waals surface area contributed by atoms with E-state index in [4.69, 9.17) is 0 Å². The van der Waals surface area contributed by atoms with Crippen molar-refractivity contribution >= 4 is 16.9 Å². The van der Waals surface area contributed by atoms with Gasteiger partial charge in [-0.2, -0.15) is 13.2 Å². The van der Waals surface area contributed by atoms with Crippen LogP contribution in [0.3, 0.4) is 0 Å². The summed E-state index contributed by atoms with van der Waals surface area (Å²) in [7, 11) is 0. The number of nitrogens with zero attached hydrogens (tertiary/aromatic N) is 2. The number of imidazole rings is 1. The molecular weight excluding hydrogens is 271 g/mol. The third-order valence-corrected chi connectivity index (χ3v) is 3.39. The molecule has 1 aromatic heterocycles. The summed E-state index contributed by atoms with van der Waals surface area (Å²) in [6.45, 7) is 1.40. The van der Waals surface area contributed by atoms with Crippen LogP contribution in [0.4, 0.5) is 13.2 Å². The van der Waals surface area contributed by atoms with Crippen LogP contribution >= 0.6 is 0 Å². The van der Waals surface area contributed by atoms with Crippen LogP contribution < -0.4 is 0 Å². The van der Waals surface area contributed by atoms with Gasteiger partial charge in [-0.1, -0.05) is 0 Å². The van der Waals surface area contributed by atoms with Crippen LogP contribution in [0.2, 0.25) is 0 Å². The SMILES string of the molecule is O=C(c1ccc2nc(C(F)(F)F)[nH]c2c1)N1CCCC1. The van der Waals surface area contributed by atoms with E-state index in [1.165, 1.54) is 18.2 Å². The van der Waals surface area contributed by atoms with Gasteiger partial charge in [0.05, 0.1) is 11.0 Å². The summed E-state index contributed by atoms with van der Waals surface area (Å²) < 4.78 is 37.7. The number of benzene rings is 1. The molecule has 0 unspecified atom stereocenters. The highest BCUT2D eigenvalue weighted by molar-refractivity contribution is 5.97. The van der Waals surface area contributed by atoms with Crippen molar-refractivity contribution in [1.29, 1.82) is 0 Å². The van der Waals surface area contributed by atoms with Gasteiger partial charge in [0.2, 0.25) is 5.82 Å². The average Bonchev–Trinajstić information content (AvgIpc) is 3.05. The lowest BCUT2D eigenvalue weighted by molar-refractivity contribution is -0.144. The predicted molar refractivity (Wildman–Crippen MR) is 66.2 cm³/mol. The van der Waals surface area contributed by atoms with E-state index in [-0.39, 0.29) is 16.9 Å². The molecule has 1 amide bonds. The molecule has 0 aliphatic carbocycles. The van der Waals surface area contributed by atoms with Crippen molar-refractivity contribution in [3.05, 3.63) is 29.6 Å². The quantitative estimate of drug-likeness (QED) is 0.875. The Balaban J connectivity index is 1.96. The molecule has 106 valence electrons. The molecule has 0 bridgehead atoms. The second-order valence-electron chi connectivity index (χ2n) is 4.81. The number of carbonyl (C=O) groups is 1. The van der Waals surface area contributed by atoms with Gasteiger partial charge in [0.15, 0.2) is 0 Å². The summed E-state index contributed by atoms with van der Waals surface area (Å²) in [6.07, 6.45) is -2.58. The molecular formula is C13H12F3N3O. The standard InChI is InChI=1S/C13H12F3N3O/c14-13(15,16)12-17-9-4-3-8(7-10(9)18-12)11(20)19-5-1-2-6-19/h3-4,7H,1-2,5-6H2,(H,17,18). The number of aromatic nitrogens is 2. The molecule has 3 rings (SSSR count). The normalized spacial score (nSPS) is 16.1. The number of H-pyrrole nitrogens is 1. The molecule has 1 aliphatic heterocycles. The van der Waals surface area contributed by atoms with Gasteiger partial charge in [0, 0.05) is 18.7 Å². The van der Waals surface area contributed by atoms with Crippen molar-refractivity contribution in [1.82, 2.24) is 14.9 Å². The molecule has 2 heterocycles. The smallest absolute Gasteiger partial charge is 0.339 e. The fourth-order valence-corrected chi connectivity index (χ4v) is 2.38. The lowest BCUT2D eigenvalue weighted by Gasteiger charge is -2.14. The number of amides is 1. The number of aromatic amines is 1. The molecule has 1 aliphatic rings. The number of likely N-dealkylation sites (tertiary alicyclic amines) is 1. The topological polar surface area (TPSA) is 49.0 Å². The van der Waals surface area contributed by atoms with Crippen molar-refractivity contribution < 1.29 is 18.0 Å². The number of alkyl halides is 3. The first-order valence-corrected chi connectivity index (χ1v) is 6.31. The second-order valence-corrected chi connectivity index (χ2v) is 4.81. The Morgan fingerprint density at radius 1 is 1.25 bits per heavy atom. The third kappa shape index (κ3) is 2.23. The zero-order chi connectivity index (χ0) is 14.3. The second kappa shape index (κ2) is 4.50. The minimum Gasteiger partial charge on any atom is -0.339 e. The number of hydrogen-bond acceptors (Lipinski definition) is 2. The highest BCUT2D eigenvalue weighted by Gasteiger charge is 2.34. The maximum atomic E-state index is 12.6. The first-order valence-electron chi connectivity index (χ1n) is 6.31. The highest BCUT2D eigenvalue weighted by atomic mass is 19.4. The fourth-order valence-electron chi connectivity index (χ4n) is 2.38. The van der Waals surface area contributed by atoms with E-state index in [0.717, 1.165) is 12.8 Å². The van der Waals surface area contributed by atoms with Crippen LogP contribution in [0.5, 0.6) is 0 Å². The molecule has 1 aromatic carbocycles. The lowest BCUT2D eigenvalue weighted by Crippen LogP contribution is -2.27. The van der Waals surface area contributed by atoms with E-state index in [9.17, 15) is 18.0 Å². The van der Waals surface area contributed by atoms with Crippen LogP contribution in [0.25, 0.3) is 11.0 Å². The van der Waals surface area contributed by atoms with Crippen molar-refractivity contribution in [2.24, 2.45) is 0 Å². The van der Waals surface area contributed by atoms with Crippen molar-refractivity contribution in [2.75, 3.05) is 13.1 Å². The van der Waals surface area contributed by atoms with E-state index in [0.29, 0.717) is 18.7 Å². The van der Waals surface area contributed by atoms with Gasteiger partial charge >= 0.3 is 6.18 Å². The Kier molecular flexibility index (Phi) is 2.92. The van der Waals surface area contributed by atoms with Crippen molar-refractivity contribution in [3.63, 3.8) is 0 Å². The Labute approximate surface area is 112 Å². The lowest BCUT2D eigenvalue weighted by atomic mass is 10.2. The largest absolute Gasteiger partial charge is 0.449 e. The van der Waals surface area contributed by atoms with Crippen LogP contribution in [0.15, 0.2) is 18.2 Å². The van der Waals surface area contributed by atoms with E-state index in [1.807, 2.05) is 0 Å². The third-order valence-electron chi connectivity index (χ3n) is 3.39. The first kappa shape index (κ1) is 13.0. The van der Waals surface area contributed by atoms with Gasteiger partial charge in [-0.25, -0.2) is 4.98 Å². The molecule has 20 heavy (non-hydrogen) atoms. The first-order chi connectivity index (χ1) is 9.45. The molecule has 0 spiro atoms. The van der Waals surface area contributed by atoms with E-state index >= 15 is 0 Å².